The molecule has 0 bridgehead atoms. The van der Waals surface area contributed by atoms with Gasteiger partial charge in [-0.3, -0.25) is 9.59 Å². The average Bonchev–Trinajstić information content (AvgIpc) is 2.52. The van der Waals surface area contributed by atoms with Crippen molar-refractivity contribution >= 4 is 40.6 Å². The largest absolute Gasteiger partial charge is 0.325 e. The van der Waals surface area contributed by atoms with Crippen LogP contribution in [0.4, 0.5) is 10.1 Å². The van der Waals surface area contributed by atoms with Crippen molar-refractivity contribution in [3.8, 4) is 0 Å². The first-order valence-electron chi connectivity index (χ1n) is 7.00. The SMILES string of the molecule is O=C(CCCC(=O)c1ccc(F)cc1)Nc1cccc(Cl)c1Cl. The topological polar surface area (TPSA) is 46.2 Å². The maximum atomic E-state index is 12.8. The summed E-state index contributed by atoms with van der Waals surface area (Å²) in [5.74, 6) is -0.765. The summed E-state index contributed by atoms with van der Waals surface area (Å²) in [7, 11) is 0. The van der Waals surface area contributed by atoms with Crippen molar-refractivity contribution in [2.24, 2.45) is 0 Å². The molecule has 3 nitrogen and oxygen atoms in total. The highest BCUT2D eigenvalue weighted by Gasteiger charge is 2.10. The number of anilines is 1. The van der Waals surface area contributed by atoms with Crippen molar-refractivity contribution < 1.29 is 14.0 Å². The van der Waals surface area contributed by atoms with E-state index >= 15 is 0 Å². The number of nitrogens with one attached hydrogen (secondary N) is 1. The summed E-state index contributed by atoms with van der Waals surface area (Å²) in [6.07, 6.45) is 0.776. The third-order valence-electron chi connectivity index (χ3n) is 3.20. The molecule has 1 N–H and O–H groups in total. The standard InChI is InChI=1S/C17H14Cl2FNO2/c18-13-3-1-4-14(17(13)19)21-16(23)6-2-5-15(22)11-7-9-12(20)10-8-11/h1,3-4,7-10H,2,5-6H2,(H,21,23). The Hall–Kier alpha value is -1.91. The highest BCUT2D eigenvalue weighted by atomic mass is 35.5. The zero-order chi connectivity index (χ0) is 16.8. The molecule has 2 rings (SSSR count). The van der Waals surface area contributed by atoms with Gasteiger partial charge in [0, 0.05) is 18.4 Å². The van der Waals surface area contributed by atoms with Crippen molar-refractivity contribution in [2.75, 3.05) is 5.32 Å². The number of benzene rings is 2. The molecule has 0 aromatic heterocycles. The van der Waals surface area contributed by atoms with Gasteiger partial charge in [0.15, 0.2) is 5.78 Å². The van der Waals surface area contributed by atoms with Gasteiger partial charge in [0.1, 0.15) is 5.82 Å². The molecule has 0 aliphatic rings. The number of hydrogen-bond donors (Lipinski definition) is 1. The lowest BCUT2D eigenvalue weighted by Crippen LogP contribution is -2.12. The second-order valence-corrected chi connectivity index (χ2v) is 5.72. The second kappa shape index (κ2) is 8.09. The van der Waals surface area contributed by atoms with E-state index in [2.05, 4.69) is 5.32 Å². The monoisotopic (exact) mass is 353 g/mol. The molecule has 6 heteroatoms. The third kappa shape index (κ3) is 5.05. The van der Waals surface area contributed by atoms with Crippen LogP contribution in [0, 0.1) is 5.82 Å². The minimum atomic E-state index is -0.390. The van der Waals surface area contributed by atoms with Crippen LogP contribution in [-0.2, 0) is 4.79 Å². The Morgan fingerprint density at radius 2 is 1.70 bits per heavy atom. The molecule has 0 heterocycles. The molecule has 0 unspecified atom stereocenters. The number of rotatable bonds is 6. The molecule has 1 amide bonds. The van der Waals surface area contributed by atoms with Crippen LogP contribution in [0.25, 0.3) is 0 Å². The molecule has 0 aliphatic carbocycles. The average molecular weight is 354 g/mol. The van der Waals surface area contributed by atoms with E-state index in [1.165, 1.54) is 24.3 Å². The van der Waals surface area contributed by atoms with Crippen molar-refractivity contribution in [1.29, 1.82) is 0 Å². The van der Waals surface area contributed by atoms with Crippen LogP contribution in [-0.4, -0.2) is 11.7 Å². The normalized spacial score (nSPS) is 10.4. The Morgan fingerprint density at radius 3 is 2.39 bits per heavy atom. The molecular formula is C17H14Cl2FNO2. The van der Waals surface area contributed by atoms with Gasteiger partial charge in [-0.15, -0.1) is 0 Å². The summed E-state index contributed by atoms with van der Waals surface area (Å²) >= 11 is 11.9. The summed E-state index contributed by atoms with van der Waals surface area (Å²) in [4.78, 5) is 23.8. The predicted molar refractivity (Wildman–Crippen MR) is 89.7 cm³/mol. The first-order chi connectivity index (χ1) is 11.0. The van der Waals surface area contributed by atoms with Crippen molar-refractivity contribution in [2.45, 2.75) is 19.3 Å². The number of halogens is 3. The van der Waals surface area contributed by atoms with Crippen LogP contribution in [0.1, 0.15) is 29.6 Å². The van der Waals surface area contributed by atoms with E-state index in [0.29, 0.717) is 22.7 Å². The highest BCUT2D eigenvalue weighted by Crippen LogP contribution is 2.29. The number of ketones is 1. The minimum absolute atomic E-state index is 0.126. The Bertz CT molecular complexity index is 717. The van der Waals surface area contributed by atoms with Crippen molar-refractivity contribution in [3.63, 3.8) is 0 Å². The zero-order valence-corrected chi connectivity index (χ0v) is 13.6. The van der Waals surface area contributed by atoms with Crippen LogP contribution < -0.4 is 5.32 Å². The van der Waals surface area contributed by atoms with Gasteiger partial charge in [0.2, 0.25) is 5.91 Å². The Kier molecular flexibility index (Phi) is 6.13. The predicted octanol–water partition coefficient (Wildman–Crippen LogP) is 5.12. The van der Waals surface area contributed by atoms with Gasteiger partial charge in [-0.05, 0) is 42.8 Å². The first kappa shape index (κ1) is 17.4. The van der Waals surface area contributed by atoms with Gasteiger partial charge < -0.3 is 5.32 Å². The summed E-state index contributed by atoms with van der Waals surface area (Å²) < 4.78 is 12.8. The molecule has 0 aliphatic heterocycles. The van der Waals surface area contributed by atoms with Gasteiger partial charge in [-0.25, -0.2) is 4.39 Å². The number of carbonyl (C=O) groups is 2. The zero-order valence-electron chi connectivity index (χ0n) is 12.1. The summed E-state index contributed by atoms with van der Waals surface area (Å²) in [5.41, 5.74) is 0.874. The fraction of sp³-hybridized carbons (Fsp3) is 0.176. The maximum Gasteiger partial charge on any atom is 0.224 e. The molecule has 2 aromatic carbocycles. The van der Waals surface area contributed by atoms with Crippen LogP contribution in [0.3, 0.4) is 0 Å². The molecule has 120 valence electrons. The van der Waals surface area contributed by atoms with Crippen LogP contribution in [0.2, 0.25) is 10.0 Å². The Balaban J connectivity index is 1.82. The van der Waals surface area contributed by atoms with E-state index in [1.807, 2.05) is 0 Å². The third-order valence-corrected chi connectivity index (χ3v) is 4.02. The maximum absolute atomic E-state index is 12.8. The van der Waals surface area contributed by atoms with E-state index in [-0.39, 0.29) is 35.4 Å². The van der Waals surface area contributed by atoms with E-state index < -0.39 is 0 Å². The van der Waals surface area contributed by atoms with E-state index in [9.17, 15) is 14.0 Å². The van der Waals surface area contributed by atoms with Gasteiger partial charge in [-0.1, -0.05) is 29.3 Å². The quantitative estimate of drug-likeness (QED) is 0.732. The lowest BCUT2D eigenvalue weighted by atomic mass is 10.1. The number of hydrogen-bond acceptors (Lipinski definition) is 2. The first-order valence-corrected chi connectivity index (χ1v) is 7.75. The van der Waals surface area contributed by atoms with E-state index in [1.54, 1.807) is 18.2 Å². The molecular weight excluding hydrogens is 340 g/mol. The molecule has 0 radical (unpaired) electrons. The van der Waals surface area contributed by atoms with Gasteiger partial charge >= 0.3 is 0 Å². The fourth-order valence-electron chi connectivity index (χ4n) is 2.00. The summed E-state index contributed by atoms with van der Waals surface area (Å²) in [6, 6.07) is 10.3. The van der Waals surface area contributed by atoms with Crippen LogP contribution in [0.5, 0.6) is 0 Å². The van der Waals surface area contributed by atoms with Gasteiger partial charge in [-0.2, -0.15) is 0 Å². The minimum Gasteiger partial charge on any atom is -0.325 e. The van der Waals surface area contributed by atoms with Gasteiger partial charge in [0.05, 0.1) is 15.7 Å². The molecule has 0 saturated heterocycles. The fourth-order valence-corrected chi connectivity index (χ4v) is 2.35. The summed E-state index contributed by atoms with van der Waals surface area (Å²) in [5, 5.41) is 3.30. The van der Waals surface area contributed by atoms with Crippen molar-refractivity contribution in [3.05, 3.63) is 63.9 Å². The number of carbonyl (C=O) groups excluding carboxylic acids is 2. The molecule has 0 fully saturated rings. The highest BCUT2D eigenvalue weighted by molar-refractivity contribution is 6.43. The lowest BCUT2D eigenvalue weighted by molar-refractivity contribution is -0.116. The van der Waals surface area contributed by atoms with Gasteiger partial charge in [0.25, 0.3) is 0 Å². The molecule has 2 aromatic rings. The molecule has 0 saturated carbocycles. The van der Waals surface area contributed by atoms with Crippen LogP contribution in [0.15, 0.2) is 42.5 Å². The summed E-state index contributed by atoms with van der Waals surface area (Å²) in [6.45, 7) is 0. The van der Waals surface area contributed by atoms with E-state index in [4.69, 9.17) is 23.2 Å². The Morgan fingerprint density at radius 1 is 1.00 bits per heavy atom. The molecule has 0 spiro atoms. The molecule has 23 heavy (non-hydrogen) atoms. The van der Waals surface area contributed by atoms with Crippen molar-refractivity contribution in [1.82, 2.24) is 0 Å². The second-order valence-electron chi connectivity index (χ2n) is 4.93. The van der Waals surface area contributed by atoms with E-state index in [0.717, 1.165) is 0 Å². The smallest absolute Gasteiger partial charge is 0.224 e. The number of amides is 1. The molecule has 0 atom stereocenters. The number of Topliss-reactive ketones (excluding diaryl/α,β-unsaturated/α-hetero) is 1. The van der Waals surface area contributed by atoms with Crippen LogP contribution >= 0.6 is 23.2 Å². The lowest BCUT2D eigenvalue weighted by Gasteiger charge is -2.08. The Labute approximate surface area is 143 Å².